The molecule has 0 N–H and O–H groups in total. The SMILES string of the molecule is CCC1=CN(C)CC1C. The van der Waals surface area contributed by atoms with Crippen LogP contribution in [0.25, 0.3) is 0 Å². The second kappa shape index (κ2) is 2.42. The van der Waals surface area contributed by atoms with Crippen molar-refractivity contribution in [2.45, 2.75) is 20.3 Å². The highest BCUT2D eigenvalue weighted by Crippen LogP contribution is 2.21. The van der Waals surface area contributed by atoms with Gasteiger partial charge in [-0.15, -0.1) is 0 Å². The molecule has 9 heavy (non-hydrogen) atoms. The highest BCUT2D eigenvalue weighted by molar-refractivity contribution is 5.10. The molecule has 0 aromatic rings. The molecule has 0 aromatic carbocycles. The van der Waals surface area contributed by atoms with Gasteiger partial charge < -0.3 is 4.90 Å². The maximum absolute atomic E-state index is 2.29. The normalized spacial score (nSPS) is 26.8. The maximum Gasteiger partial charge on any atom is 0.0232 e. The van der Waals surface area contributed by atoms with Crippen molar-refractivity contribution >= 4 is 0 Å². The Labute approximate surface area is 57.4 Å². The van der Waals surface area contributed by atoms with Gasteiger partial charge in [0, 0.05) is 13.6 Å². The second-order valence-corrected chi connectivity index (χ2v) is 2.90. The van der Waals surface area contributed by atoms with Crippen LogP contribution in [0.5, 0.6) is 0 Å². The molecule has 0 amide bonds. The average Bonchev–Trinajstić information content (AvgIpc) is 2.10. The van der Waals surface area contributed by atoms with Crippen molar-refractivity contribution in [3.63, 3.8) is 0 Å². The minimum absolute atomic E-state index is 0.792. The van der Waals surface area contributed by atoms with Gasteiger partial charge in [-0.2, -0.15) is 0 Å². The summed E-state index contributed by atoms with van der Waals surface area (Å²) >= 11 is 0. The zero-order valence-electron chi connectivity index (χ0n) is 6.52. The van der Waals surface area contributed by atoms with E-state index < -0.39 is 0 Å². The van der Waals surface area contributed by atoms with E-state index in [0.29, 0.717) is 0 Å². The molecule has 0 aromatic heterocycles. The lowest BCUT2D eigenvalue weighted by molar-refractivity contribution is 0.447. The minimum atomic E-state index is 0.792. The smallest absolute Gasteiger partial charge is 0.0232 e. The molecular weight excluding hydrogens is 110 g/mol. The summed E-state index contributed by atoms with van der Waals surface area (Å²) in [5.41, 5.74) is 1.59. The number of hydrogen-bond acceptors (Lipinski definition) is 1. The predicted octanol–water partition coefficient (Wildman–Crippen LogP) is 1.86. The van der Waals surface area contributed by atoms with Crippen LogP contribution in [0.2, 0.25) is 0 Å². The molecule has 0 spiro atoms. The van der Waals surface area contributed by atoms with Gasteiger partial charge in [0.05, 0.1) is 0 Å². The summed E-state index contributed by atoms with van der Waals surface area (Å²) in [5.74, 6) is 0.792. The van der Waals surface area contributed by atoms with Crippen molar-refractivity contribution in [2.24, 2.45) is 5.92 Å². The van der Waals surface area contributed by atoms with E-state index in [1.807, 2.05) is 0 Å². The number of rotatable bonds is 1. The van der Waals surface area contributed by atoms with Gasteiger partial charge in [-0.25, -0.2) is 0 Å². The molecule has 0 saturated heterocycles. The van der Waals surface area contributed by atoms with E-state index in [1.165, 1.54) is 13.0 Å². The highest BCUT2D eigenvalue weighted by atomic mass is 15.1. The molecule has 1 heterocycles. The van der Waals surface area contributed by atoms with Gasteiger partial charge in [0.2, 0.25) is 0 Å². The fraction of sp³-hybridized carbons (Fsp3) is 0.750. The maximum atomic E-state index is 2.29. The molecule has 52 valence electrons. The van der Waals surface area contributed by atoms with Crippen molar-refractivity contribution in [3.8, 4) is 0 Å². The highest BCUT2D eigenvalue weighted by Gasteiger charge is 2.15. The first-order valence-corrected chi connectivity index (χ1v) is 3.65. The number of nitrogens with zero attached hydrogens (tertiary/aromatic N) is 1. The van der Waals surface area contributed by atoms with E-state index in [1.54, 1.807) is 5.57 Å². The summed E-state index contributed by atoms with van der Waals surface area (Å²) in [6.45, 7) is 5.73. The fourth-order valence-electron chi connectivity index (χ4n) is 1.45. The summed E-state index contributed by atoms with van der Waals surface area (Å²) in [6, 6.07) is 0. The van der Waals surface area contributed by atoms with Gasteiger partial charge >= 0.3 is 0 Å². The van der Waals surface area contributed by atoms with E-state index in [2.05, 4.69) is 32.0 Å². The van der Waals surface area contributed by atoms with Crippen LogP contribution in [0.4, 0.5) is 0 Å². The Morgan fingerprint density at radius 2 is 2.44 bits per heavy atom. The van der Waals surface area contributed by atoms with Crippen LogP contribution >= 0.6 is 0 Å². The lowest BCUT2D eigenvalue weighted by atomic mass is 10.0. The third-order valence-corrected chi connectivity index (χ3v) is 1.99. The van der Waals surface area contributed by atoms with Crippen LogP contribution in [-0.2, 0) is 0 Å². The standard InChI is InChI=1S/C8H15N/c1-4-8-6-9(3)5-7(8)2/h6-7H,4-5H2,1-3H3. The van der Waals surface area contributed by atoms with Crippen LogP contribution in [0, 0.1) is 5.92 Å². The van der Waals surface area contributed by atoms with Crippen LogP contribution in [0.1, 0.15) is 20.3 Å². The summed E-state index contributed by atoms with van der Waals surface area (Å²) in [7, 11) is 2.14. The molecule has 1 atom stereocenters. The molecule has 1 aliphatic heterocycles. The summed E-state index contributed by atoms with van der Waals surface area (Å²) in [4.78, 5) is 2.27. The second-order valence-electron chi connectivity index (χ2n) is 2.90. The predicted molar refractivity (Wildman–Crippen MR) is 40.2 cm³/mol. The Morgan fingerprint density at radius 1 is 1.78 bits per heavy atom. The van der Waals surface area contributed by atoms with Crippen molar-refractivity contribution in [3.05, 3.63) is 11.8 Å². The Kier molecular flexibility index (Phi) is 1.79. The zero-order valence-corrected chi connectivity index (χ0v) is 6.52. The molecule has 1 rings (SSSR count). The van der Waals surface area contributed by atoms with E-state index >= 15 is 0 Å². The largest absolute Gasteiger partial charge is 0.380 e. The summed E-state index contributed by atoms with van der Waals surface area (Å²) < 4.78 is 0. The van der Waals surface area contributed by atoms with Crippen molar-refractivity contribution in [1.29, 1.82) is 0 Å². The molecule has 1 heteroatoms. The van der Waals surface area contributed by atoms with E-state index in [4.69, 9.17) is 0 Å². The Hall–Kier alpha value is -0.460. The number of hydrogen-bond donors (Lipinski definition) is 0. The van der Waals surface area contributed by atoms with Crippen molar-refractivity contribution < 1.29 is 0 Å². The molecule has 0 bridgehead atoms. The molecule has 0 saturated carbocycles. The lowest BCUT2D eigenvalue weighted by Crippen LogP contribution is -2.10. The van der Waals surface area contributed by atoms with E-state index in [0.717, 1.165) is 5.92 Å². The molecular formula is C8H15N. The zero-order chi connectivity index (χ0) is 6.85. The van der Waals surface area contributed by atoms with E-state index in [-0.39, 0.29) is 0 Å². The van der Waals surface area contributed by atoms with Gasteiger partial charge in [0.25, 0.3) is 0 Å². The Morgan fingerprint density at radius 3 is 2.67 bits per heavy atom. The quantitative estimate of drug-likeness (QED) is 0.517. The average molecular weight is 125 g/mol. The van der Waals surface area contributed by atoms with Crippen LogP contribution in [-0.4, -0.2) is 18.5 Å². The molecule has 1 unspecified atom stereocenters. The first-order valence-electron chi connectivity index (χ1n) is 3.65. The summed E-state index contributed by atoms with van der Waals surface area (Å²) in [5, 5.41) is 0. The first-order chi connectivity index (χ1) is 4.24. The third-order valence-electron chi connectivity index (χ3n) is 1.99. The third kappa shape index (κ3) is 1.26. The summed E-state index contributed by atoms with van der Waals surface area (Å²) in [6.07, 6.45) is 3.48. The Bertz CT molecular complexity index is 127. The van der Waals surface area contributed by atoms with Gasteiger partial charge in [-0.05, 0) is 18.5 Å². The van der Waals surface area contributed by atoms with Crippen LogP contribution < -0.4 is 0 Å². The molecule has 1 nitrogen and oxygen atoms in total. The van der Waals surface area contributed by atoms with Gasteiger partial charge in [0.1, 0.15) is 0 Å². The Balaban J connectivity index is 2.57. The monoisotopic (exact) mass is 125 g/mol. The van der Waals surface area contributed by atoms with Gasteiger partial charge in [-0.3, -0.25) is 0 Å². The molecule has 0 aliphatic carbocycles. The minimum Gasteiger partial charge on any atom is -0.380 e. The van der Waals surface area contributed by atoms with Crippen molar-refractivity contribution in [2.75, 3.05) is 13.6 Å². The first kappa shape index (κ1) is 6.66. The fourth-order valence-corrected chi connectivity index (χ4v) is 1.45. The molecule has 1 aliphatic rings. The molecule has 0 radical (unpaired) electrons. The van der Waals surface area contributed by atoms with Crippen molar-refractivity contribution in [1.82, 2.24) is 4.90 Å². The van der Waals surface area contributed by atoms with Gasteiger partial charge in [-0.1, -0.05) is 19.4 Å². The van der Waals surface area contributed by atoms with Crippen LogP contribution in [0.3, 0.4) is 0 Å². The van der Waals surface area contributed by atoms with E-state index in [9.17, 15) is 0 Å². The van der Waals surface area contributed by atoms with Gasteiger partial charge in [0.15, 0.2) is 0 Å². The lowest BCUT2D eigenvalue weighted by Gasteiger charge is -2.07. The topological polar surface area (TPSA) is 3.24 Å². The molecule has 0 fully saturated rings. The van der Waals surface area contributed by atoms with Crippen LogP contribution in [0.15, 0.2) is 11.8 Å².